The molecule has 4 heterocycles. The molecule has 3 aromatic carbocycles. The van der Waals surface area contributed by atoms with Gasteiger partial charge in [0.2, 0.25) is 0 Å². The molecule has 9 heteroatoms. The molecule has 0 saturated carbocycles. The number of piperidine rings is 1. The molecule has 198 valence electrons. The van der Waals surface area contributed by atoms with Crippen molar-refractivity contribution in [1.82, 2.24) is 34.4 Å². The Balaban J connectivity index is 1.10. The summed E-state index contributed by atoms with van der Waals surface area (Å²) in [5.74, 6) is 0.555. The molecule has 1 aliphatic rings. The first kappa shape index (κ1) is 24.2. The van der Waals surface area contributed by atoms with Crippen LogP contribution in [0.4, 0.5) is 5.82 Å². The molecule has 1 saturated heterocycles. The Kier molecular flexibility index (Phi) is 6.05. The Hall–Kier alpha value is -4.89. The molecule has 3 N–H and O–H groups in total. The van der Waals surface area contributed by atoms with E-state index in [0.717, 1.165) is 60.6 Å². The topological polar surface area (TPSA) is 119 Å². The highest BCUT2D eigenvalue weighted by Gasteiger charge is 2.23. The van der Waals surface area contributed by atoms with Crippen LogP contribution in [-0.4, -0.2) is 52.6 Å². The monoisotopic (exact) mass is 528 g/mol. The lowest BCUT2D eigenvalue weighted by Crippen LogP contribution is -2.34. The Morgan fingerprint density at radius 3 is 2.33 bits per heavy atom. The second-order valence-corrected chi connectivity index (χ2v) is 10.2. The second kappa shape index (κ2) is 10.0. The van der Waals surface area contributed by atoms with E-state index in [1.807, 2.05) is 42.7 Å². The highest BCUT2D eigenvalue weighted by Crippen LogP contribution is 2.34. The third kappa shape index (κ3) is 4.40. The first-order chi connectivity index (χ1) is 19.6. The molecule has 0 radical (unpaired) electrons. The first-order valence-corrected chi connectivity index (χ1v) is 13.4. The number of aromatic hydroxyl groups is 1. The molecule has 0 bridgehead atoms. The number of aromatic nitrogens is 6. The SMILES string of the molecule is Nc1ncnc2c1ncn2C1CCN(Cc2ccc(-c3nc4cccc(O)c4nc3-c3ccccc3)cc2)CC1. The van der Waals surface area contributed by atoms with E-state index in [2.05, 4.69) is 48.7 Å². The van der Waals surface area contributed by atoms with E-state index in [4.69, 9.17) is 15.7 Å². The Morgan fingerprint density at radius 2 is 1.52 bits per heavy atom. The molecule has 0 unspecified atom stereocenters. The molecule has 1 aliphatic heterocycles. The molecule has 0 amide bonds. The number of hydrogen-bond acceptors (Lipinski definition) is 8. The number of nitrogen functional groups attached to an aromatic ring is 1. The summed E-state index contributed by atoms with van der Waals surface area (Å²) < 4.78 is 2.15. The molecule has 9 nitrogen and oxygen atoms in total. The molecule has 0 atom stereocenters. The van der Waals surface area contributed by atoms with Crippen LogP contribution < -0.4 is 5.73 Å². The molecule has 0 spiro atoms. The highest BCUT2D eigenvalue weighted by atomic mass is 16.3. The van der Waals surface area contributed by atoms with Crippen molar-refractivity contribution in [2.45, 2.75) is 25.4 Å². The van der Waals surface area contributed by atoms with E-state index < -0.39 is 0 Å². The number of rotatable bonds is 5. The number of benzene rings is 3. The third-order valence-electron chi connectivity index (χ3n) is 7.69. The van der Waals surface area contributed by atoms with Crippen LogP contribution in [-0.2, 0) is 6.54 Å². The molecule has 40 heavy (non-hydrogen) atoms. The van der Waals surface area contributed by atoms with Crippen molar-refractivity contribution >= 4 is 28.0 Å². The summed E-state index contributed by atoms with van der Waals surface area (Å²) in [6.07, 6.45) is 5.39. The van der Waals surface area contributed by atoms with Gasteiger partial charge >= 0.3 is 0 Å². The smallest absolute Gasteiger partial charge is 0.165 e. The van der Waals surface area contributed by atoms with Gasteiger partial charge in [-0.3, -0.25) is 4.90 Å². The highest BCUT2D eigenvalue weighted by molar-refractivity contribution is 5.89. The number of nitrogens with zero attached hydrogens (tertiary/aromatic N) is 7. The largest absolute Gasteiger partial charge is 0.506 e. The van der Waals surface area contributed by atoms with Gasteiger partial charge in [-0.2, -0.15) is 0 Å². The summed E-state index contributed by atoms with van der Waals surface area (Å²) >= 11 is 0. The fourth-order valence-electron chi connectivity index (χ4n) is 5.58. The number of nitrogens with two attached hydrogens (primary N) is 1. The van der Waals surface area contributed by atoms with Crippen LogP contribution in [0.1, 0.15) is 24.4 Å². The number of phenolic OH excluding ortho intramolecular Hbond substituents is 1. The summed E-state index contributed by atoms with van der Waals surface area (Å²) in [4.78, 5) is 25.2. The van der Waals surface area contributed by atoms with Crippen LogP contribution in [0, 0.1) is 0 Å². The molecule has 3 aromatic heterocycles. The average Bonchev–Trinajstić information content (AvgIpc) is 3.44. The van der Waals surface area contributed by atoms with Gasteiger partial charge in [0.05, 0.1) is 23.2 Å². The van der Waals surface area contributed by atoms with Crippen LogP contribution >= 0.6 is 0 Å². The first-order valence-electron chi connectivity index (χ1n) is 13.4. The maximum atomic E-state index is 10.4. The van der Waals surface area contributed by atoms with Crippen LogP contribution in [0.15, 0.2) is 85.5 Å². The van der Waals surface area contributed by atoms with Crippen molar-refractivity contribution in [3.63, 3.8) is 0 Å². The van der Waals surface area contributed by atoms with E-state index in [1.54, 1.807) is 12.1 Å². The van der Waals surface area contributed by atoms with Crippen molar-refractivity contribution in [3.8, 4) is 28.3 Å². The van der Waals surface area contributed by atoms with Crippen molar-refractivity contribution in [2.24, 2.45) is 0 Å². The van der Waals surface area contributed by atoms with Gasteiger partial charge in [-0.15, -0.1) is 0 Å². The predicted molar refractivity (Wildman–Crippen MR) is 155 cm³/mol. The van der Waals surface area contributed by atoms with Crippen LogP contribution in [0.3, 0.4) is 0 Å². The summed E-state index contributed by atoms with van der Waals surface area (Å²) in [6, 6.07) is 24.2. The van der Waals surface area contributed by atoms with Gasteiger partial charge < -0.3 is 15.4 Å². The number of phenols is 1. The normalized spacial score (nSPS) is 14.7. The van der Waals surface area contributed by atoms with Gasteiger partial charge in [-0.1, -0.05) is 60.7 Å². The quantitative estimate of drug-likeness (QED) is 0.312. The third-order valence-corrected chi connectivity index (χ3v) is 7.69. The van der Waals surface area contributed by atoms with Crippen LogP contribution in [0.2, 0.25) is 0 Å². The Labute approximate surface area is 231 Å². The number of para-hydroxylation sites is 1. The lowest BCUT2D eigenvalue weighted by atomic mass is 10.0. The van der Waals surface area contributed by atoms with Gasteiger partial charge in [0.1, 0.15) is 23.1 Å². The van der Waals surface area contributed by atoms with Gasteiger partial charge in [0.25, 0.3) is 0 Å². The lowest BCUT2D eigenvalue weighted by molar-refractivity contribution is 0.181. The number of likely N-dealkylation sites (tertiary alicyclic amines) is 1. The minimum atomic E-state index is 0.131. The number of hydrogen-bond donors (Lipinski definition) is 2. The Bertz CT molecular complexity index is 1810. The van der Waals surface area contributed by atoms with Gasteiger partial charge in [-0.05, 0) is 30.5 Å². The van der Waals surface area contributed by atoms with Crippen molar-refractivity contribution in [1.29, 1.82) is 0 Å². The van der Waals surface area contributed by atoms with Gasteiger partial charge in [0.15, 0.2) is 11.5 Å². The fourth-order valence-corrected chi connectivity index (χ4v) is 5.58. The minimum absolute atomic E-state index is 0.131. The maximum Gasteiger partial charge on any atom is 0.165 e. The second-order valence-electron chi connectivity index (χ2n) is 10.2. The summed E-state index contributed by atoms with van der Waals surface area (Å²) in [7, 11) is 0. The number of fused-ring (bicyclic) bond motifs is 2. The zero-order chi connectivity index (χ0) is 27.1. The fraction of sp³-hybridized carbons (Fsp3) is 0.194. The van der Waals surface area contributed by atoms with E-state index in [9.17, 15) is 5.11 Å². The number of imidazole rings is 1. The minimum Gasteiger partial charge on any atom is -0.506 e. The predicted octanol–water partition coefficient (Wildman–Crippen LogP) is 5.23. The standard InChI is InChI=1S/C31H28N8O/c32-30-29-31(34-18-33-30)39(19-35-29)23-13-15-38(16-14-23)17-20-9-11-22(12-10-20)26-27(21-5-2-1-3-6-21)37-28-24(36-26)7-4-8-25(28)40/h1-12,18-19,23,40H,13-17H2,(H2,32,33,34). The molecular weight excluding hydrogens is 500 g/mol. The Morgan fingerprint density at radius 1 is 0.775 bits per heavy atom. The van der Waals surface area contributed by atoms with E-state index >= 15 is 0 Å². The maximum absolute atomic E-state index is 10.4. The van der Waals surface area contributed by atoms with Crippen molar-refractivity contribution < 1.29 is 5.11 Å². The van der Waals surface area contributed by atoms with E-state index in [0.29, 0.717) is 28.4 Å². The zero-order valence-electron chi connectivity index (χ0n) is 21.9. The number of anilines is 1. The summed E-state index contributed by atoms with van der Waals surface area (Å²) in [5.41, 5.74) is 13.4. The van der Waals surface area contributed by atoms with Crippen molar-refractivity contribution in [2.75, 3.05) is 18.8 Å². The molecule has 6 aromatic rings. The lowest BCUT2D eigenvalue weighted by Gasteiger charge is -2.32. The molecular formula is C31H28N8O. The zero-order valence-corrected chi connectivity index (χ0v) is 21.9. The van der Waals surface area contributed by atoms with Crippen LogP contribution in [0.25, 0.3) is 44.7 Å². The molecule has 1 fully saturated rings. The van der Waals surface area contributed by atoms with Gasteiger partial charge in [0, 0.05) is 36.8 Å². The van der Waals surface area contributed by atoms with E-state index in [-0.39, 0.29) is 5.75 Å². The summed E-state index contributed by atoms with van der Waals surface area (Å²) in [5, 5.41) is 10.4. The average molecular weight is 529 g/mol. The molecule has 0 aliphatic carbocycles. The summed E-state index contributed by atoms with van der Waals surface area (Å²) in [6.45, 7) is 2.87. The van der Waals surface area contributed by atoms with Crippen LogP contribution in [0.5, 0.6) is 5.75 Å². The van der Waals surface area contributed by atoms with Crippen molar-refractivity contribution in [3.05, 3.63) is 91.0 Å². The molecule has 7 rings (SSSR count). The van der Waals surface area contributed by atoms with Gasteiger partial charge in [-0.25, -0.2) is 24.9 Å². The van der Waals surface area contributed by atoms with E-state index in [1.165, 1.54) is 11.9 Å².